The molecule has 2 aromatic rings. The Labute approximate surface area is 144 Å². The van der Waals surface area contributed by atoms with Gasteiger partial charge < -0.3 is 4.90 Å². The maximum absolute atomic E-state index is 13.2. The van der Waals surface area contributed by atoms with Gasteiger partial charge in [0.15, 0.2) is 0 Å². The van der Waals surface area contributed by atoms with E-state index in [2.05, 4.69) is 19.8 Å². The van der Waals surface area contributed by atoms with Crippen molar-refractivity contribution in [2.75, 3.05) is 18.0 Å². The van der Waals surface area contributed by atoms with Gasteiger partial charge in [0.05, 0.1) is 5.56 Å². The molecule has 0 aliphatic carbocycles. The third-order valence-electron chi connectivity index (χ3n) is 5.09. The van der Waals surface area contributed by atoms with Crippen LogP contribution in [-0.2, 0) is 12.7 Å². The number of halogens is 3. The largest absolute Gasteiger partial charge is 0.416 e. The Kier molecular flexibility index (Phi) is 3.91. The molecule has 0 N–H and O–H groups in total. The van der Waals surface area contributed by atoms with Crippen LogP contribution in [-0.4, -0.2) is 40.0 Å². The second-order valence-corrected chi connectivity index (χ2v) is 6.77. The maximum atomic E-state index is 13.2. The van der Waals surface area contributed by atoms with E-state index in [0.29, 0.717) is 18.1 Å². The molecule has 3 aliphatic rings. The molecule has 0 spiro atoms. The molecule has 0 saturated carbocycles. The number of anilines is 1. The van der Waals surface area contributed by atoms with Crippen LogP contribution in [0, 0.1) is 6.92 Å². The molecule has 0 radical (unpaired) electrons. The van der Waals surface area contributed by atoms with Crippen LogP contribution in [0.5, 0.6) is 0 Å². The Morgan fingerprint density at radius 1 is 1.12 bits per heavy atom. The maximum Gasteiger partial charge on any atom is 0.416 e. The van der Waals surface area contributed by atoms with E-state index in [0.717, 1.165) is 31.3 Å². The van der Waals surface area contributed by atoms with E-state index in [4.69, 9.17) is 0 Å². The second-order valence-electron chi connectivity index (χ2n) is 6.77. The van der Waals surface area contributed by atoms with Crippen LogP contribution in [0.2, 0.25) is 0 Å². The lowest BCUT2D eigenvalue weighted by Crippen LogP contribution is -2.68. The summed E-state index contributed by atoms with van der Waals surface area (Å²) in [6.45, 7) is 3.78. The molecule has 2 bridgehead atoms. The smallest absolute Gasteiger partial charge is 0.338 e. The number of benzene rings is 1. The number of fused-ring (bicyclic) bond motifs is 2. The van der Waals surface area contributed by atoms with E-state index in [1.165, 1.54) is 6.07 Å². The first-order valence-corrected chi connectivity index (χ1v) is 8.37. The fraction of sp³-hybridized carbons (Fsp3) is 0.444. The van der Waals surface area contributed by atoms with Crippen molar-refractivity contribution in [3.63, 3.8) is 0 Å². The lowest BCUT2D eigenvalue weighted by Gasteiger charge is -2.56. The number of aromatic nitrogens is 2. The number of hydrogen-bond donors (Lipinski definition) is 0. The van der Waals surface area contributed by atoms with Gasteiger partial charge in [-0.15, -0.1) is 0 Å². The molecule has 2 atom stereocenters. The quantitative estimate of drug-likeness (QED) is 0.852. The van der Waals surface area contributed by atoms with Crippen LogP contribution in [0.15, 0.2) is 36.5 Å². The Morgan fingerprint density at radius 2 is 1.84 bits per heavy atom. The monoisotopic (exact) mass is 348 g/mol. The van der Waals surface area contributed by atoms with Gasteiger partial charge in [0.1, 0.15) is 0 Å². The van der Waals surface area contributed by atoms with Gasteiger partial charge in [0, 0.05) is 43.6 Å². The highest BCUT2D eigenvalue weighted by Crippen LogP contribution is 2.38. The van der Waals surface area contributed by atoms with E-state index >= 15 is 0 Å². The third kappa shape index (κ3) is 3.08. The molecule has 4 nitrogen and oxygen atoms in total. The fourth-order valence-corrected chi connectivity index (χ4v) is 3.83. The first-order chi connectivity index (χ1) is 11.9. The van der Waals surface area contributed by atoms with E-state index in [-0.39, 0.29) is 12.1 Å². The Balaban J connectivity index is 1.48. The van der Waals surface area contributed by atoms with Crippen molar-refractivity contribution in [3.8, 4) is 0 Å². The number of piperidine rings is 1. The average molecular weight is 348 g/mol. The first kappa shape index (κ1) is 16.3. The lowest BCUT2D eigenvalue weighted by atomic mass is 9.86. The highest BCUT2D eigenvalue weighted by molar-refractivity contribution is 5.35. The Bertz CT molecular complexity index is 765. The zero-order valence-corrected chi connectivity index (χ0v) is 13.9. The van der Waals surface area contributed by atoms with E-state index in [1.54, 1.807) is 18.3 Å². The molecule has 0 amide bonds. The molecule has 3 aliphatic heterocycles. The fourth-order valence-electron chi connectivity index (χ4n) is 3.83. The van der Waals surface area contributed by atoms with Gasteiger partial charge in [-0.25, -0.2) is 9.97 Å². The zero-order valence-electron chi connectivity index (χ0n) is 13.9. The topological polar surface area (TPSA) is 32.3 Å². The molecule has 7 heteroatoms. The SMILES string of the molecule is Cc1ccnc(N2CC3CC(C2)N3Cc2ccccc2C(F)(F)F)n1. The summed E-state index contributed by atoms with van der Waals surface area (Å²) in [5, 5.41) is 0. The van der Waals surface area contributed by atoms with Crippen molar-refractivity contribution in [2.45, 2.75) is 38.1 Å². The summed E-state index contributed by atoms with van der Waals surface area (Å²) < 4.78 is 39.6. The highest BCUT2D eigenvalue weighted by Gasteiger charge is 2.46. The minimum Gasteiger partial charge on any atom is -0.338 e. The molecular weight excluding hydrogens is 329 g/mol. The Hall–Kier alpha value is -2.15. The lowest BCUT2D eigenvalue weighted by molar-refractivity contribution is -0.139. The molecule has 5 rings (SSSR count). The van der Waals surface area contributed by atoms with E-state index in [1.807, 2.05) is 13.0 Å². The number of aryl methyl sites for hydroxylation is 1. The molecular formula is C18H19F3N4. The van der Waals surface area contributed by atoms with Gasteiger partial charge in [-0.2, -0.15) is 13.2 Å². The molecule has 25 heavy (non-hydrogen) atoms. The first-order valence-electron chi connectivity index (χ1n) is 8.37. The van der Waals surface area contributed by atoms with Crippen molar-refractivity contribution in [1.82, 2.24) is 14.9 Å². The number of rotatable bonds is 3. The standard InChI is InChI=1S/C18H19F3N4/c1-12-6-7-22-17(23-12)24-10-14-8-15(11-24)25(14)9-13-4-2-3-5-16(13)18(19,20)21/h2-7,14-15H,8-11H2,1H3. The van der Waals surface area contributed by atoms with Gasteiger partial charge in [-0.3, -0.25) is 4.90 Å². The molecule has 132 valence electrons. The molecule has 3 fully saturated rings. The second kappa shape index (κ2) is 5.98. The molecule has 3 saturated heterocycles. The minimum atomic E-state index is -4.31. The number of alkyl halides is 3. The molecule has 2 unspecified atom stereocenters. The highest BCUT2D eigenvalue weighted by atomic mass is 19.4. The summed E-state index contributed by atoms with van der Waals surface area (Å²) in [6, 6.07) is 8.23. The number of nitrogens with zero attached hydrogens (tertiary/aromatic N) is 4. The predicted octanol–water partition coefficient (Wildman–Crippen LogP) is 3.27. The third-order valence-corrected chi connectivity index (χ3v) is 5.09. The van der Waals surface area contributed by atoms with Gasteiger partial charge in [-0.1, -0.05) is 18.2 Å². The van der Waals surface area contributed by atoms with Crippen molar-refractivity contribution < 1.29 is 13.2 Å². The van der Waals surface area contributed by atoms with Crippen LogP contribution in [0.1, 0.15) is 23.2 Å². The summed E-state index contributed by atoms with van der Waals surface area (Å²) in [6.07, 6.45) is -1.54. The summed E-state index contributed by atoms with van der Waals surface area (Å²) in [7, 11) is 0. The van der Waals surface area contributed by atoms with Crippen LogP contribution in [0.3, 0.4) is 0 Å². The van der Waals surface area contributed by atoms with E-state index in [9.17, 15) is 13.2 Å². The molecule has 4 heterocycles. The van der Waals surface area contributed by atoms with Gasteiger partial charge >= 0.3 is 6.18 Å². The van der Waals surface area contributed by atoms with Crippen molar-refractivity contribution in [2.24, 2.45) is 0 Å². The van der Waals surface area contributed by atoms with Crippen molar-refractivity contribution >= 4 is 5.95 Å². The van der Waals surface area contributed by atoms with Gasteiger partial charge in [0.25, 0.3) is 0 Å². The summed E-state index contributed by atoms with van der Waals surface area (Å²) in [5.41, 5.74) is 0.740. The Morgan fingerprint density at radius 3 is 2.52 bits per heavy atom. The van der Waals surface area contributed by atoms with E-state index < -0.39 is 11.7 Å². The van der Waals surface area contributed by atoms with Crippen LogP contribution in [0.25, 0.3) is 0 Å². The molecule has 1 aromatic carbocycles. The predicted molar refractivity (Wildman–Crippen MR) is 88.2 cm³/mol. The van der Waals surface area contributed by atoms with Crippen LogP contribution < -0.4 is 4.90 Å². The minimum absolute atomic E-state index is 0.254. The molecule has 1 aromatic heterocycles. The van der Waals surface area contributed by atoms with Gasteiger partial charge in [-0.05, 0) is 31.0 Å². The number of piperazine rings is 1. The zero-order chi connectivity index (χ0) is 17.6. The average Bonchev–Trinajstić information content (AvgIpc) is 2.59. The summed E-state index contributed by atoms with van der Waals surface area (Å²) in [4.78, 5) is 13.1. The summed E-state index contributed by atoms with van der Waals surface area (Å²) in [5.74, 6) is 0.713. The van der Waals surface area contributed by atoms with Crippen molar-refractivity contribution in [3.05, 3.63) is 53.3 Å². The van der Waals surface area contributed by atoms with Crippen LogP contribution in [0.4, 0.5) is 19.1 Å². The van der Waals surface area contributed by atoms with Gasteiger partial charge in [0.2, 0.25) is 5.95 Å². The van der Waals surface area contributed by atoms with Crippen molar-refractivity contribution in [1.29, 1.82) is 0 Å². The number of hydrogen-bond acceptors (Lipinski definition) is 4. The summed E-state index contributed by atoms with van der Waals surface area (Å²) >= 11 is 0. The van der Waals surface area contributed by atoms with Crippen LogP contribution >= 0.6 is 0 Å². The normalized spacial score (nSPS) is 23.4.